The first-order chi connectivity index (χ1) is 22.2. The summed E-state index contributed by atoms with van der Waals surface area (Å²) in [5.41, 5.74) is 4.53. The van der Waals surface area contributed by atoms with Crippen molar-refractivity contribution in [1.29, 1.82) is 0 Å². The van der Waals surface area contributed by atoms with Gasteiger partial charge in [0.15, 0.2) is 11.8 Å². The monoisotopic (exact) mass is 656 g/mol. The number of tetrazole rings is 1. The summed E-state index contributed by atoms with van der Waals surface area (Å²) in [4.78, 5) is 36.3. The Labute approximate surface area is 273 Å². The third-order valence-electron chi connectivity index (χ3n) is 6.61. The Bertz CT molecular complexity index is 1870. The largest absolute Gasteiger partial charge is 0.456 e. The molecular weight excluding hydrogens is 631 g/mol. The van der Waals surface area contributed by atoms with E-state index in [1.165, 1.54) is 24.0 Å². The van der Waals surface area contributed by atoms with Crippen molar-refractivity contribution < 1.29 is 19.1 Å². The summed E-state index contributed by atoms with van der Waals surface area (Å²) in [6, 6.07) is 22.9. The van der Waals surface area contributed by atoms with Gasteiger partial charge in [0.1, 0.15) is 6.33 Å². The highest BCUT2D eigenvalue weighted by molar-refractivity contribution is 6.32. The number of amides is 2. The van der Waals surface area contributed by atoms with Crippen LogP contribution in [-0.2, 0) is 25.5 Å². The zero-order chi connectivity index (χ0) is 32.5. The number of anilines is 1. The van der Waals surface area contributed by atoms with Gasteiger partial charge in [-0.15, -0.1) is 10.2 Å². The Morgan fingerprint density at radius 2 is 1.76 bits per heavy atom. The molecule has 46 heavy (non-hydrogen) atoms. The van der Waals surface area contributed by atoms with Gasteiger partial charge in [-0.3, -0.25) is 14.4 Å². The van der Waals surface area contributed by atoms with Crippen molar-refractivity contribution in [3.63, 3.8) is 0 Å². The number of benzene rings is 3. The van der Waals surface area contributed by atoms with Crippen LogP contribution >= 0.6 is 23.2 Å². The maximum atomic E-state index is 13.3. The summed E-state index contributed by atoms with van der Waals surface area (Å²) in [5, 5.41) is 26.1. The fourth-order valence-corrected chi connectivity index (χ4v) is 4.85. The number of hydrogen-bond donors (Lipinski definition) is 2. The van der Waals surface area contributed by atoms with Crippen molar-refractivity contribution in [3.05, 3.63) is 118 Å². The molecule has 0 fully saturated rings. The molecule has 0 aliphatic carbocycles. The molecule has 0 saturated carbocycles. The minimum absolute atomic E-state index is 0.163. The van der Waals surface area contributed by atoms with Gasteiger partial charge in [0, 0.05) is 34.8 Å². The molecule has 2 aromatic heterocycles. The quantitative estimate of drug-likeness (QED) is 0.147. The first-order valence-electron chi connectivity index (χ1n) is 13.9. The van der Waals surface area contributed by atoms with Crippen LogP contribution in [0.25, 0.3) is 22.9 Å². The third-order valence-corrected chi connectivity index (χ3v) is 7.12. The molecule has 14 heteroatoms. The van der Waals surface area contributed by atoms with E-state index >= 15 is 0 Å². The van der Waals surface area contributed by atoms with Gasteiger partial charge in [-0.05, 0) is 70.4 Å². The second-order valence-corrected chi connectivity index (χ2v) is 10.7. The van der Waals surface area contributed by atoms with Crippen LogP contribution in [0.2, 0.25) is 10.2 Å². The lowest BCUT2D eigenvalue weighted by atomic mass is 10.00. The second-order valence-electron chi connectivity index (χ2n) is 9.92. The lowest BCUT2D eigenvalue weighted by Gasteiger charge is -2.18. The van der Waals surface area contributed by atoms with Crippen molar-refractivity contribution >= 4 is 52.7 Å². The van der Waals surface area contributed by atoms with Gasteiger partial charge in [-0.1, -0.05) is 65.7 Å². The zero-order valence-electron chi connectivity index (χ0n) is 24.3. The Morgan fingerprint density at radius 1 is 0.978 bits per heavy atom. The number of nitrogens with zero attached hydrogens (tertiary/aromatic N) is 6. The lowest BCUT2D eigenvalue weighted by Crippen LogP contribution is -2.29. The van der Waals surface area contributed by atoms with Gasteiger partial charge in [-0.2, -0.15) is 9.78 Å². The standard InChI is InChI=1S/C32H26Cl2N8O4/c1-20(43)46-18-31(45)36-25-11-7-22(8-12-25)26-17-28(38-39-32(26)34)27(15-21-5-3-2-4-6-21)37-30(44)14-9-23-16-24(33)10-13-29(23)42-19-35-40-41-42/h2-14,16-17,19,27H,15,18H2,1H3,(H,36,45)(H,37,44)/b14-9+/t27-/m0/s1. The molecule has 0 unspecified atom stereocenters. The Balaban J connectivity index is 1.38. The number of carbonyl (C=O) groups excluding carboxylic acids is 3. The summed E-state index contributed by atoms with van der Waals surface area (Å²) in [6.07, 6.45) is 4.90. The normalized spacial score (nSPS) is 11.6. The second kappa shape index (κ2) is 15.0. The van der Waals surface area contributed by atoms with Crippen molar-refractivity contribution in [1.82, 2.24) is 35.7 Å². The number of hydrogen-bond acceptors (Lipinski definition) is 9. The Morgan fingerprint density at radius 3 is 2.48 bits per heavy atom. The van der Waals surface area contributed by atoms with Crippen molar-refractivity contribution in [2.75, 3.05) is 11.9 Å². The zero-order valence-corrected chi connectivity index (χ0v) is 25.8. The predicted octanol–water partition coefficient (Wildman–Crippen LogP) is 5.04. The molecule has 0 aliphatic rings. The van der Waals surface area contributed by atoms with Gasteiger partial charge >= 0.3 is 5.97 Å². The van der Waals surface area contributed by atoms with Gasteiger partial charge < -0.3 is 15.4 Å². The fourth-order valence-electron chi connectivity index (χ4n) is 4.47. The van der Waals surface area contributed by atoms with Crippen LogP contribution in [0.4, 0.5) is 5.69 Å². The van der Waals surface area contributed by atoms with E-state index in [2.05, 4.69) is 36.4 Å². The maximum absolute atomic E-state index is 13.3. The van der Waals surface area contributed by atoms with Crippen LogP contribution in [0, 0.1) is 0 Å². The smallest absolute Gasteiger partial charge is 0.303 e. The molecular formula is C32H26Cl2N8O4. The van der Waals surface area contributed by atoms with Gasteiger partial charge in [0.25, 0.3) is 5.91 Å². The number of rotatable bonds is 11. The van der Waals surface area contributed by atoms with E-state index in [4.69, 9.17) is 27.9 Å². The number of aromatic nitrogens is 6. The molecule has 232 valence electrons. The van der Waals surface area contributed by atoms with E-state index in [0.29, 0.717) is 45.2 Å². The molecule has 2 N–H and O–H groups in total. The number of nitrogens with one attached hydrogen (secondary N) is 2. The van der Waals surface area contributed by atoms with Crippen LogP contribution in [-0.4, -0.2) is 54.8 Å². The van der Waals surface area contributed by atoms with Gasteiger partial charge in [0.05, 0.1) is 17.4 Å². The highest BCUT2D eigenvalue weighted by Crippen LogP contribution is 2.30. The molecule has 0 bridgehead atoms. The van der Waals surface area contributed by atoms with E-state index < -0.39 is 17.9 Å². The first kappa shape index (κ1) is 31.9. The number of esters is 1. The van der Waals surface area contributed by atoms with E-state index in [9.17, 15) is 14.4 Å². The van der Waals surface area contributed by atoms with E-state index in [-0.39, 0.29) is 17.7 Å². The third kappa shape index (κ3) is 8.58. The van der Waals surface area contributed by atoms with Gasteiger partial charge in [0.2, 0.25) is 5.91 Å². The summed E-state index contributed by atoms with van der Waals surface area (Å²) >= 11 is 12.7. The fraction of sp³-hybridized carbons (Fsp3) is 0.125. The molecule has 12 nitrogen and oxygen atoms in total. The van der Waals surface area contributed by atoms with Crippen molar-refractivity contribution in [2.24, 2.45) is 0 Å². The van der Waals surface area contributed by atoms with Crippen LogP contribution in [0.15, 0.2) is 91.3 Å². The minimum atomic E-state index is -0.568. The predicted molar refractivity (Wildman–Crippen MR) is 172 cm³/mol. The van der Waals surface area contributed by atoms with E-state index in [1.54, 1.807) is 54.6 Å². The topological polar surface area (TPSA) is 154 Å². The molecule has 3 aromatic carbocycles. The van der Waals surface area contributed by atoms with E-state index in [0.717, 1.165) is 5.56 Å². The summed E-state index contributed by atoms with van der Waals surface area (Å²) in [5.74, 6) is -1.39. The summed E-state index contributed by atoms with van der Waals surface area (Å²) < 4.78 is 6.19. The van der Waals surface area contributed by atoms with Crippen LogP contribution in [0.3, 0.4) is 0 Å². The van der Waals surface area contributed by atoms with Gasteiger partial charge in [-0.25, -0.2) is 0 Å². The average molecular weight is 658 g/mol. The van der Waals surface area contributed by atoms with Crippen molar-refractivity contribution in [2.45, 2.75) is 19.4 Å². The molecule has 0 radical (unpaired) electrons. The molecule has 0 spiro atoms. The Hall–Kier alpha value is -5.46. The SMILES string of the molecule is CC(=O)OCC(=O)Nc1ccc(-c2cc([C@H](Cc3ccccc3)NC(=O)/C=C/c3cc(Cl)ccc3-n3cnnn3)nnc2Cl)cc1. The summed E-state index contributed by atoms with van der Waals surface area (Å²) in [7, 11) is 0. The number of ether oxygens (including phenoxy) is 1. The molecule has 0 aliphatic heterocycles. The Kier molecular flexibility index (Phi) is 10.4. The molecule has 2 heterocycles. The molecule has 1 atom stereocenters. The van der Waals surface area contributed by atoms with E-state index in [1.807, 2.05) is 30.3 Å². The molecule has 0 saturated heterocycles. The number of carbonyl (C=O) groups is 3. The van der Waals surface area contributed by atoms with Crippen LogP contribution in [0.1, 0.15) is 29.8 Å². The first-order valence-corrected chi connectivity index (χ1v) is 14.6. The van der Waals surface area contributed by atoms with Crippen LogP contribution < -0.4 is 10.6 Å². The number of halogens is 2. The highest BCUT2D eigenvalue weighted by Gasteiger charge is 2.19. The maximum Gasteiger partial charge on any atom is 0.303 e. The molecule has 5 aromatic rings. The average Bonchev–Trinajstić information content (AvgIpc) is 3.59. The summed E-state index contributed by atoms with van der Waals surface area (Å²) in [6.45, 7) is 0.842. The van der Waals surface area contributed by atoms with Crippen molar-refractivity contribution in [3.8, 4) is 16.8 Å². The highest BCUT2D eigenvalue weighted by atomic mass is 35.5. The molecule has 2 amide bonds. The van der Waals surface area contributed by atoms with Crippen LogP contribution in [0.5, 0.6) is 0 Å². The lowest BCUT2D eigenvalue weighted by molar-refractivity contribution is -0.144. The minimum Gasteiger partial charge on any atom is -0.456 e. The molecule has 5 rings (SSSR count).